The van der Waals surface area contributed by atoms with E-state index in [1.807, 2.05) is 54.6 Å². The van der Waals surface area contributed by atoms with Gasteiger partial charge in [-0.2, -0.15) is 0 Å². The summed E-state index contributed by atoms with van der Waals surface area (Å²) >= 11 is 0. The van der Waals surface area contributed by atoms with E-state index in [1.165, 1.54) is 0 Å². The van der Waals surface area contributed by atoms with Crippen LogP contribution in [-0.2, 0) is 12.1 Å². The van der Waals surface area contributed by atoms with Gasteiger partial charge in [0.05, 0.1) is 0 Å². The first-order valence-corrected chi connectivity index (χ1v) is 8.20. The molecule has 1 atom stereocenters. The van der Waals surface area contributed by atoms with E-state index >= 15 is 0 Å². The molecule has 1 heterocycles. The van der Waals surface area contributed by atoms with Gasteiger partial charge in [0.25, 0.3) is 5.91 Å². The van der Waals surface area contributed by atoms with Gasteiger partial charge in [-0.15, -0.1) is 0 Å². The number of nitrogens with zero attached hydrogens (tertiary/aromatic N) is 1. The molecule has 0 aliphatic carbocycles. The summed E-state index contributed by atoms with van der Waals surface area (Å²) in [4.78, 5) is 14.4. The molecule has 120 valence electrons. The van der Waals surface area contributed by atoms with Gasteiger partial charge in [0.2, 0.25) is 0 Å². The lowest BCUT2D eigenvalue weighted by Gasteiger charge is -2.35. The van der Waals surface area contributed by atoms with E-state index in [0.29, 0.717) is 24.4 Å². The quantitative estimate of drug-likeness (QED) is 0.917. The van der Waals surface area contributed by atoms with Crippen LogP contribution in [0.4, 0.5) is 0 Å². The highest BCUT2D eigenvalue weighted by atomic mass is 16.3. The van der Waals surface area contributed by atoms with E-state index in [9.17, 15) is 9.90 Å². The molecular formula is C20H23NO2. The van der Waals surface area contributed by atoms with Crippen molar-refractivity contribution in [3.8, 4) is 0 Å². The smallest absolute Gasteiger partial charge is 0.256 e. The lowest BCUT2D eigenvalue weighted by molar-refractivity contribution is -0.0848. The summed E-state index contributed by atoms with van der Waals surface area (Å²) in [7, 11) is 0. The fraction of sp³-hybridized carbons (Fsp3) is 0.350. The molecule has 0 spiro atoms. The van der Waals surface area contributed by atoms with Crippen LogP contribution in [0.25, 0.3) is 0 Å². The van der Waals surface area contributed by atoms with E-state index in [-0.39, 0.29) is 5.91 Å². The second-order valence-electron chi connectivity index (χ2n) is 6.66. The maximum atomic E-state index is 12.8. The molecular weight excluding hydrogens is 286 g/mol. The number of carbonyl (C=O) groups excluding carboxylic acids is 1. The third kappa shape index (κ3) is 2.89. The summed E-state index contributed by atoms with van der Waals surface area (Å²) in [6.45, 7) is 4.82. The molecule has 0 bridgehead atoms. The molecule has 3 rings (SSSR count). The van der Waals surface area contributed by atoms with Crippen molar-refractivity contribution in [2.24, 2.45) is 5.92 Å². The molecule has 0 radical (unpaired) electrons. The monoisotopic (exact) mass is 309 g/mol. The number of rotatable bonds is 5. The van der Waals surface area contributed by atoms with E-state index in [0.717, 1.165) is 17.5 Å². The Morgan fingerprint density at radius 1 is 1.04 bits per heavy atom. The number of amides is 1. The van der Waals surface area contributed by atoms with Crippen LogP contribution in [0.3, 0.4) is 0 Å². The van der Waals surface area contributed by atoms with Gasteiger partial charge >= 0.3 is 0 Å². The highest BCUT2D eigenvalue weighted by Crippen LogP contribution is 2.39. The Balaban J connectivity index is 1.99. The van der Waals surface area contributed by atoms with Crippen LogP contribution in [0, 0.1) is 5.92 Å². The third-order valence-corrected chi connectivity index (χ3v) is 4.50. The Morgan fingerprint density at radius 2 is 1.70 bits per heavy atom. The number of fused-ring (bicyclic) bond motifs is 1. The summed E-state index contributed by atoms with van der Waals surface area (Å²) in [5.41, 5.74) is 1.10. The van der Waals surface area contributed by atoms with Gasteiger partial charge in [0.15, 0.2) is 5.72 Å². The van der Waals surface area contributed by atoms with Crippen molar-refractivity contribution in [1.29, 1.82) is 0 Å². The number of hydrogen-bond donors (Lipinski definition) is 1. The Hall–Kier alpha value is -2.13. The van der Waals surface area contributed by atoms with E-state index in [1.54, 1.807) is 4.90 Å². The van der Waals surface area contributed by atoms with Crippen molar-refractivity contribution in [3.63, 3.8) is 0 Å². The van der Waals surface area contributed by atoms with Crippen LogP contribution >= 0.6 is 0 Å². The molecule has 1 aliphatic rings. The summed E-state index contributed by atoms with van der Waals surface area (Å²) in [6.07, 6.45) is 1.28. The van der Waals surface area contributed by atoms with Gasteiger partial charge in [0, 0.05) is 24.1 Å². The molecule has 0 fully saturated rings. The van der Waals surface area contributed by atoms with Crippen molar-refractivity contribution in [1.82, 2.24) is 4.90 Å². The molecule has 1 amide bonds. The number of carbonyl (C=O) groups is 1. The Kier molecular flexibility index (Phi) is 4.22. The first-order chi connectivity index (χ1) is 11.0. The van der Waals surface area contributed by atoms with E-state index in [2.05, 4.69) is 13.8 Å². The highest BCUT2D eigenvalue weighted by molar-refractivity contribution is 5.99. The highest BCUT2D eigenvalue weighted by Gasteiger charge is 2.47. The summed E-state index contributed by atoms with van der Waals surface area (Å²) in [6, 6.07) is 17.3. The second-order valence-corrected chi connectivity index (χ2v) is 6.66. The van der Waals surface area contributed by atoms with Gasteiger partial charge in [-0.1, -0.05) is 62.4 Å². The maximum Gasteiger partial charge on any atom is 0.256 e. The molecule has 0 saturated carbocycles. The lowest BCUT2D eigenvalue weighted by atomic mass is 9.94. The van der Waals surface area contributed by atoms with Crippen molar-refractivity contribution < 1.29 is 9.90 Å². The molecule has 2 aromatic carbocycles. The maximum absolute atomic E-state index is 12.8. The van der Waals surface area contributed by atoms with Crippen molar-refractivity contribution in [3.05, 3.63) is 71.3 Å². The Labute approximate surface area is 137 Å². The SMILES string of the molecule is CC(C)CCN1C(=O)c2ccccc2C1(O)Cc1ccccc1. The third-order valence-electron chi connectivity index (χ3n) is 4.50. The van der Waals surface area contributed by atoms with Crippen LogP contribution in [0.15, 0.2) is 54.6 Å². The van der Waals surface area contributed by atoms with Crippen LogP contribution in [-0.4, -0.2) is 22.5 Å². The van der Waals surface area contributed by atoms with Gasteiger partial charge in [-0.05, 0) is 24.0 Å². The molecule has 1 N–H and O–H groups in total. The van der Waals surface area contributed by atoms with E-state index < -0.39 is 5.72 Å². The van der Waals surface area contributed by atoms with Crippen LogP contribution in [0.2, 0.25) is 0 Å². The zero-order chi connectivity index (χ0) is 16.4. The predicted octanol–water partition coefficient (Wildman–Crippen LogP) is 3.58. The largest absolute Gasteiger partial charge is 0.366 e. The molecule has 2 aromatic rings. The van der Waals surface area contributed by atoms with Gasteiger partial charge in [0.1, 0.15) is 0 Å². The Morgan fingerprint density at radius 3 is 2.39 bits per heavy atom. The standard InChI is InChI=1S/C20H23NO2/c1-15(2)12-13-21-19(22)17-10-6-7-11-18(17)20(21,23)14-16-8-4-3-5-9-16/h3-11,15,23H,12-14H2,1-2H3. The van der Waals surface area contributed by atoms with Crippen molar-refractivity contribution >= 4 is 5.91 Å². The van der Waals surface area contributed by atoms with Crippen molar-refractivity contribution in [2.45, 2.75) is 32.4 Å². The van der Waals surface area contributed by atoms with E-state index in [4.69, 9.17) is 0 Å². The number of aliphatic hydroxyl groups is 1. The van der Waals surface area contributed by atoms with Gasteiger partial charge in [-0.25, -0.2) is 0 Å². The van der Waals surface area contributed by atoms with Crippen LogP contribution in [0.1, 0.15) is 41.8 Å². The predicted molar refractivity (Wildman–Crippen MR) is 91.0 cm³/mol. The Bertz CT molecular complexity index is 696. The number of benzene rings is 2. The fourth-order valence-corrected chi connectivity index (χ4v) is 3.22. The average Bonchev–Trinajstić information content (AvgIpc) is 2.75. The van der Waals surface area contributed by atoms with Gasteiger partial charge in [-0.3, -0.25) is 4.79 Å². The van der Waals surface area contributed by atoms with Crippen molar-refractivity contribution in [2.75, 3.05) is 6.54 Å². The summed E-state index contributed by atoms with van der Waals surface area (Å²) in [5, 5.41) is 11.4. The summed E-state index contributed by atoms with van der Waals surface area (Å²) < 4.78 is 0. The molecule has 23 heavy (non-hydrogen) atoms. The minimum atomic E-state index is -1.26. The average molecular weight is 309 g/mol. The molecule has 0 aromatic heterocycles. The first kappa shape index (κ1) is 15.8. The minimum Gasteiger partial charge on any atom is -0.366 e. The molecule has 3 heteroatoms. The summed E-state index contributed by atoms with van der Waals surface area (Å²) in [5.74, 6) is 0.409. The van der Waals surface area contributed by atoms with Crippen LogP contribution < -0.4 is 0 Å². The van der Waals surface area contributed by atoms with Gasteiger partial charge < -0.3 is 10.0 Å². The minimum absolute atomic E-state index is 0.0697. The molecule has 1 aliphatic heterocycles. The second kappa shape index (κ2) is 6.17. The molecule has 3 nitrogen and oxygen atoms in total. The normalized spacial score (nSPS) is 20.2. The zero-order valence-electron chi connectivity index (χ0n) is 13.7. The topological polar surface area (TPSA) is 40.5 Å². The lowest BCUT2D eigenvalue weighted by Crippen LogP contribution is -2.46. The zero-order valence-corrected chi connectivity index (χ0v) is 13.7. The number of hydrogen-bond acceptors (Lipinski definition) is 2. The molecule has 0 saturated heterocycles. The first-order valence-electron chi connectivity index (χ1n) is 8.20. The fourth-order valence-electron chi connectivity index (χ4n) is 3.22. The molecule has 1 unspecified atom stereocenters. The van der Waals surface area contributed by atoms with Crippen LogP contribution in [0.5, 0.6) is 0 Å².